The zero-order chi connectivity index (χ0) is 14.7. The highest BCUT2D eigenvalue weighted by atomic mass is 14.8. The van der Waals surface area contributed by atoms with Crippen LogP contribution in [0.3, 0.4) is 0 Å². The van der Waals surface area contributed by atoms with Crippen molar-refractivity contribution < 1.29 is 0 Å². The molecule has 1 nitrogen and oxygen atoms in total. The van der Waals surface area contributed by atoms with Crippen LogP contribution in [-0.4, -0.2) is 5.71 Å². The monoisotopic (exact) mass is 277 g/mol. The lowest BCUT2D eigenvalue weighted by atomic mass is 10.0. The van der Waals surface area contributed by atoms with Gasteiger partial charge in [0, 0.05) is 5.71 Å². The Hall–Kier alpha value is -1.89. The van der Waals surface area contributed by atoms with Gasteiger partial charge in [0.1, 0.15) is 0 Å². The third-order valence-corrected chi connectivity index (χ3v) is 4.43. The predicted octanol–water partition coefficient (Wildman–Crippen LogP) is 5.14. The minimum atomic E-state index is 0.344. The summed E-state index contributed by atoms with van der Waals surface area (Å²) in [5, 5.41) is 0. The van der Waals surface area contributed by atoms with E-state index in [-0.39, 0.29) is 0 Å². The maximum atomic E-state index is 4.96. The number of nitrogens with zero attached hydrogens (tertiary/aromatic N) is 1. The van der Waals surface area contributed by atoms with Crippen LogP contribution in [0.5, 0.6) is 0 Å². The molecular formula is C20H23N. The van der Waals surface area contributed by atoms with Crippen LogP contribution in [0.25, 0.3) is 0 Å². The van der Waals surface area contributed by atoms with Crippen molar-refractivity contribution in [1.29, 1.82) is 0 Å². The van der Waals surface area contributed by atoms with Crippen molar-refractivity contribution in [2.24, 2.45) is 4.99 Å². The van der Waals surface area contributed by atoms with Crippen LogP contribution in [0.4, 0.5) is 0 Å². The highest BCUT2D eigenvalue weighted by molar-refractivity contribution is 6.01. The molecule has 0 saturated heterocycles. The van der Waals surface area contributed by atoms with E-state index in [1.165, 1.54) is 28.0 Å². The van der Waals surface area contributed by atoms with E-state index in [2.05, 4.69) is 62.4 Å². The van der Waals surface area contributed by atoms with E-state index in [0.29, 0.717) is 6.04 Å². The van der Waals surface area contributed by atoms with Crippen molar-refractivity contribution in [2.45, 2.75) is 45.6 Å². The Morgan fingerprint density at radius 1 is 0.857 bits per heavy atom. The quantitative estimate of drug-likeness (QED) is 0.734. The maximum Gasteiger partial charge on any atom is 0.0756 e. The Morgan fingerprint density at radius 3 is 2.00 bits per heavy atom. The number of hydrogen-bond donors (Lipinski definition) is 0. The third-order valence-electron chi connectivity index (χ3n) is 4.43. The Morgan fingerprint density at radius 2 is 1.43 bits per heavy atom. The molecule has 0 N–H and O–H groups in total. The third kappa shape index (κ3) is 3.07. The van der Waals surface area contributed by atoms with Gasteiger partial charge in [-0.2, -0.15) is 0 Å². The Kier molecular flexibility index (Phi) is 4.19. The van der Waals surface area contributed by atoms with Crippen molar-refractivity contribution in [3.05, 3.63) is 70.8 Å². The summed E-state index contributed by atoms with van der Waals surface area (Å²) >= 11 is 0. The number of rotatable bonds is 4. The largest absolute Gasteiger partial charge is 0.281 e. The van der Waals surface area contributed by atoms with E-state index in [1.54, 1.807) is 0 Å². The van der Waals surface area contributed by atoms with Gasteiger partial charge in [0.15, 0.2) is 0 Å². The van der Waals surface area contributed by atoms with Gasteiger partial charge in [-0.3, -0.25) is 4.99 Å². The van der Waals surface area contributed by atoms with Crippen molar-refractivity contribution in [2.75, 3.05) is 0 Å². The molecule has 0 bridgehead atoms. The van der Waals surface area contributed by atoms with E-state index >= 15 is 0 Å². The SMILES string of the molecule is CCc1ccc(C2=NC(c3ccc(CC)cc3)CC2)cc1. The first kappa shape index (κ1) is 14.1. The first-order valence-corrected chi connectivity index (χ1v) is 8.05. The number of benzene rings is 2. The fourth-order valence-electron chi connectivity index (χ4n) is 2.96. The first-order valence-electron chi connectivity index (χ1n) is 8.05. The summed E-state index contributed by atoms with van der Waals surface area (Å²) in [6.45, 7) is 4.39. The lowest BCUT2D eigenvalue weighted by Crippen LogP contribution is -1.95. The highest BCUT2D eigenvalue weighted by Crippen LogP contribution is 2.31. The van der Waals surface area contributed by atoms with Crippen molar-refractivity contribution in [3.63, 3.8) is 0 Å². The van der Waals surface area contributed by atoms with Gasteiger partial charge < -0.3 is 0 Å². The fraction of sp³-hybridized carbons (Fsp3) is 0.350. The molecular weight excluding hydrogens is 254 g/mol. The second kappa shape index (κ2) is 6.26. The smallest absolute Gasteiger partial charge is 0.0756 e. The molecule has 1 unspecified atom stereocenters. The molecule has 0 aliphatic carbocycles. The summed E-state index contributed by atoms with van der Waals surface area (Å²) in [5.74, 6) is 0. The van der Waals surface area contributed by atoms with Gasteiger partial charge in [-0.05, 0) is 47.9 Å². The summed E-state index contributed by atoms with van der Waals surface area (Å²) in [6, 6.07) is 18.2. The molecule has 2 aromatic carbocycles. The molecule has 1 aliphatic heterocycles. The number of aliphatic imine (C=N–C) groups is 1. The molecule has 0 fully saturated rings. The fourth-order valence-corrected chi connectivity index (χ4v) is 2.96. The zero-order valence-electron chi connectivity index (χ0n) is 13.0. The van der Waals surface area contributed by atoms with E-state index in [4.69, 9.17) is 4.99 Å². The molecule has 108 valence electrons. The van der Waals surface area contributed by atoms with Gasteiger partial charge in [-0.25, -0.2) is 0 Å². The van der Waals surface area contributed by atoms with Gasteiger partial charge in [0.05, 0.1) is 6.04 Å². The van der Waals surface area contributed by atoms with Gasteiger partial charge in [-0.15, -0.1) is 0 Å². The van der Waals surface area contributed by atoms with Crippen LogP contribution in [0, 0.1) is 0 Å². The van der Waals surface area contributed by atoms with Crippen molar-refractivity contribution in [3.8, 4) is 0 Å². The summed E-state index contributed by atoms with van der Waals surface area (Å²) in [6.07, 6.45) is 4.42. The molecule has 3 rings (SSSR count). The summed E-state index contributed by atoms with van der Waals surface area (Å²) in [4.78, 5) is 4.96. The van der Waals surface area contributed by atoms with Gasteiger partial charge in [-0.1, -0.05) is 62.4 Å². The molecule has 1 heterocycles. The number of aryl methyl sites for hydroxylation is 2. The lowest BCUT2D eigenvalue weighted by molar-refractivity contribution is 0.723. The van der Waals surface area contributed by atoms with Crippen LogP contribution in [0.2, 0.25) is 0 Å². The molecule has 0 amide bonds. The summed E-state index contributed by atoms with van der Waals surface area (Å²) in [7, 11) is 0. The van der Waals surface area contributed by atoms with E-state index in [1.807, 2.05) is 0 Å². The lowest BCUT2D eigenvalue weighted by Gasteiger charge is -2.07. The Labute approximate surface area is 127 Å². The second-order valence-electron chi connectivity index (χ2n) is 5.78. The molecule has 1 heteroatoms. The Bertz CT molecular complexity index is 620. The average molecular weight is 277 g/mol. The van der Waals surface area contributed by atoms with Crippen LogP contribution >= 0.6 is 0 Å². The topological polar surface area (TPSA) is 12.4 Å². The first-order chi connectivity index (χ1) is 10.3. The van der Waals surface area contributed by atoms with Crippen LogP contribution in [0.15, 0.2) is 53.5 Å². The van der Waals surface area contributed by atoms with E-state index in [9.17, 15) is 0 Å². The van der Waals surface area contributed by atoms with Crippen molar-refractivity contribution in [1.82, 2.24) is 0 Å². The van der Waals surface area contributed by atoms with E-state index < -0.39 is 0 Å². The molecule has 0 radical (unpaired) electrons. The molecule has 0 aromatic heterocycles. The average Bonchev–Trinajstić information content (AvgIpc) is 3.05. The number of hydrogen-bond acceptors (Lipinski definition) is 1. The second-order valence-corrected chi connectivity index (χ2v) is 5.78. The Balaban J connectivity index is 1.79. The molecule has 0 saturated carbocycles. The predicted molar refractivity (Wildman–Crippen MR) is 90.2 cm³/mol. The van der Waals surface area contributed by atoms with Crippen molar-refractivity contribution >= 4 is 5.71 Å². The highest BCUT2D eigenvalue weighted by Gasteiger charge is 2.19. The zero-order valence-corrected chi connectivity index (χ0v) is 13.0. The van der Waals surface area contributed by atoms with Gasteiger partial charge in [0.25, 0.3) is 0 Å². The molecule has 1 atom stereocenters. The minimum absolute atomic E-state index is 0.344. The minimum Gasteiger partial charge on any atom is -0.281 e. The van der Waals surface area contributed by atoms with Crippen LogP contribution in [-0.2, 0) is 12.8 Å². The summed E-state index contributed by atoms with van der Waals surface area (Å²) < 4.78 is 0. The molecule has 1 aliphatic rings. The van der Waals surface area contributed by atoms with Gasteiger partial charge >= 0.3 is 0 Å². The van der Waals surface area contributed by atoms with Crippen LogP contribution in [0.1, 0.15) is 55.0 Å². The maximum absolute atomic E-state index is 4.96. The van der Waals surface area contributed by atoms with E-state index in [0.717, 1.165) is 25.7 Å². The van der Waals surface area contributed by atoms with Gasteiger partial charge in [0.2, 0.25) is 0 Å². The standard InChI is InChI=1S/C20H23N/c1-3-15-5-9-17(10-6-15)19-13-14-20(21-19)18-11-7-16(4-2)8-12-18/h5-12,19H,3-4,13-14H2,1-2H3. The molecule has 0 spiro atoms. The van der Waals surface area contributed by atoms with Crippen LogP contribution < -0.4 is 0 Å². The molecule has 2 aromatic rings. The normalized spacial score (nSPS) is 17.8. The molecule has 21 heavy (non-hydrogen) atoms. The summed E-state index contributed by atoms with van der Waals surface area (Å²) in [5.41, 5.74) is 6.70.